The zero-order valence-electron chi connectivity index (χ0n) is 25.7. The summed E-state index contributed by atoms with van der Waals surface area (Å²) in [5.74, 6) is -2.39. The van der Waals surface area contributed by atoms with Crippen LogP contribution in [0.2, 0.25) is 0 Å². The van der Waals surface area contributed by atoms with Gasteiger partial charge in [-0.1, -0.05) is 32.4 Å². The summed E-state index contributed by atoms with van der Waals surface area (Å²) < 4.78 is 4.43. The number of aliphatic hydroxyl groups excluding tert-OH is 2. The maximum absolute atomic E-state index is 13.3. The number of anilines is 1. The summed E-state index contributed by atoms with van der Waals surface area (Å²) >= 11 is 0. The summed E-state index contributed by atoms with van der Waals surface area (Å²) in [6.07, 6.45) is 4.26. The second kappa shape index (κ2) is 21.9. The maximum Gasteiger partial charge on any atom is 0.330 e. The summed E-state index contributed by atoms with van der Waals surface area (Å²) in [6, 6.07) is 5.10. The lowest BCUT2D eigenvalue weighted by molar-refractivity contribution is -0.135. The van der Waals surface area contributed by atoms with Crippen molar-refractivity contribution in [2.75, 3.05) is 32.1 Å². The van der Waals surface area contributed by atoms with Gasteiger partial charge < -0.3 is 41.0 Å². The van der Waals surface area contributed by atoms with Crippen LogP contribution in [0, 0.1) is 11.8 Å². The molecule has 44 heavy (non-hydrogen) atoms. The maximum atomic E-state index is 13.3. The van der Waals surface area contributed by atoms with Gasteiger partial charge in [-0.2, -0.15) is 0 Å². The number of amides is 3. The number of unbranched alkanes of at least 4 members (excludes halogenated alkanes) is 1. The van der Waals surface area contributed by atoms with E-state index in [0.29, 0.717) is 50.0 Å². The molecule has 0 aliphatic rings. The number of methoxy groups -OCH3 is 1. The highest BCUT2D eigenvalue weighted by atomic mass is 16.5. The second-order valence-corrected chi connectivity index (χ2v) is 10.6. The topological polar surface area (TPSA) is 221 Å². The number of rotatable bonds is 22. The third-order valence-corrected chi connectivity index (χ3v) is 6.67. The summed E-state index contributed by atoms with van der Waals surface area (Å²) in [4.78, 5) is 60.9. The van der Waals surface area contributed by atoms with Crippen LogP contribution in [0.1, 0.15) is 51.5 Å². The highest BCUT2D eigenvalue weighted by molar-refractivity contribution is 5.98. The fourth-order valence-corrected chi connectivity index (χ4v) is 4.15. The molecule has 0 saturated heterocycles. The van der Waals surface area contributed by atoms with Gasteiger partial charge in [-0.15, -0.1) is 0 Å². The zero-order chi connectivity index (χ0) is 32.9. The van der Waals surface area contributed by atoms with Crippen molar-refractivity contribution in [3.05, 3.63) is 42.0 Å². The van der Waals surface area contributed by atoms with Gasteiger partial charge in [0.1, 0.15) is 12.3 Å². The van der Waals surface area contributed by atoms with Crippen molar-refractivity contribution in [3.8, 4) is 0 Å². The monoisotopic (exact) mass is 620 g/mol. The molecule has 1 aromatic carbocycles. The number of hydrogen-bond donors (Lipinski definition) is 8. The Hall–Kier alpha value is -3.69. The number of ether oxygens (including phenoxy) is 1. The van der Waals surface area contributed by atoms with Crippen LogP contribution in [0.15, 0.2) is 36.4 Å². The van der Waals surface area contributed by atoms with E-state index in [0.717, 1.165) is 18.4 Å². The van der Waals surface area contributed by atoms with Gasteiger partial charge in [0.15, 0.2) is 6.35 Å². The normalized spacial score (nSPS) is 14.0. The molecule has 0 aliphatic heterocycles. The molecule has 14 nitrogen and oxygen atoms in total. The molecule has 0 aliphatic carbocycles. The predicted molar refractivity (Wildman–Crippen MR) is 165 cm³/mol. The molecule has 246 valence electrons. The molecule has 0 heterocycles. The smallest absolute Gasteiger partial charge is 0.330 e. The first-order chi connectivity index (χ1) is 21.0. The molecule has 0 spiro atoms. The summed E-state index contributed by atoms with van der Waals surface area (Å²) in [5.41, 5.74) is 6.51. The molecule has 0 radical (unpaired) electrons. The summed E-state index contributed by atoms with van der Waals surface area (Å²) in [5, 5.41) is 32.6. The summed E-state index contributed by atoms with van der Waals surface area (Å²) in [7, 11) is 1.22. The average molecular weight is 621 g/mol. The molecule has 4 atom stereocenters. The van der Waals surface area contributed by atoms with Crippen LogP contribution in [-0.4, -0.2) is 85.4 Å². The number of nitrogens with one attached hydrogen (secondary N) is 5. The minimum atomic E-state index is -1.20. The number of esters is 1. The van der Waals surface area contributed by atoms with Crippen molar-refractivity contribution >= 4 is 35.7 Å². The zero-order valence-corrected chi connectivity index (χ0v) is 25.7. The van der Waals surface area contributed by atoms with Crippen LogP contribution < -0.4 is 32.3 Å². The SMILES string of the molecule is COC(=O)/C=C\C(=O)NCCCCC(C=O)CN[C@H](C(=O)N[C@@H](CCCNC(N)O)C(=O)Nc1ccc(CO)cc1)C(C)C. The minimum Gasteiger partial charge on any atom is -0.466 e. The number of aliphatic hydroxyl groups is 2. The van der Waals surface area contributed by atoms with Gasteiger partial charge in [-0.05, 0) is 55.8 Å². The Bertz CT molecular complexity index is 1060. The molecular weight excluding hydrogens is 572 g/mol. The lowest BCUT2D eigenvalue weighted by Crippen LogP contribution is -2.54. The third kappa shape index (κ3) is 16.2. The van der Waals surface area contributed by atoms with Crippen molar-refractivity contribution in [2.45, 2.75) is 71.0 Å². The van der Waals surface area contributed by atoms with Gasteiger partial charge >= 0.3 is 5.97 Å². The Morgan fingerprint density at radius 2 is 1.66 bits per heavy atom. The van der Waals surface area contributed by atoms with Crippen LogP contribution in [-0.2, 0) is 35.3 Å². The quantitative estimate of drug-likeness (QED) is 0.0275. The molecule has 9 N–H and O–H groups in total. The van der Waals surface area contributed by atoms with Crippen LogP contribution in [0.4, 0.5) is 5.69 Å². The van der Waals surface area contributed by atoms with Gasteiger partial charge in [0.25, 0.3) is 0 Å². The molecule has 0 aromatic heterocycles. The highest BCUT2D eigenvalue weighted by Crippen LogP contribution is 2.12. The van der Waals surface area contributed by atoms with E-state index < -0.39 is 42.1 Å². The van der Waals surface area contributed by atoms with E-state index >= 15 is 0 Å². The van der Waals surface area contributed by atoms with Crippen molar-refractivity contribution in [3.63, 3.8) is 0 Å². The van der Waals surface area contributed by atoms with E-state index in [9.17, 15) is 34.2 Å². The van der Waals surface area contributed by atoms with E-state index in [1.807, 2.05) is 13.8 Å². The second-order valence-electron chi connectivity index (χ2n) is 10.6. The van der Waals surface area contributed by atoms with Gasteiger partial charge in [0.2, 0.25) is 17.7 Å². The molecule has 2 unspecified atom stereocenters. The van der Waals surface area contributed by atoms with Crippen LogP contribution in [0.5, 0.6) is 0 Å². The van der Waals surface area contributed by atoms with Gasteiger partial charge in [0.05, 0.1) is 19.8 Å². The van der Waals surface area contributed by atoms with Crippen molar-refractivity contribution in [1.82, 2.24) is 21.3 Å². The first-order valence-corrected chi connectivity index (χ1v) is 14.7. The Kier molecular flexibility index (Phi) is 19.1. The Labute approximate surface area is 258 Å². The van der Waals surface area contributed by atoms with E-state index in [-0.39, 0.29) is 31.4 Å². The van der Waals surface area contributed by atoms with Crippen LogP contribution in [0.3, 0.4) is 0 Å². The molecule has 1 rings (SSSR count). The fourth-order valence-electron chi connectivity index (χ4n) is 4.15. The van der Waals surface area contributed by atoms with E-state index in [1.165, 1.54) is 7.11 Å². The van der Waals surface area contributed by atoms with Crippen molar-refractivity contribution in [1.29, 1.82) is 0 Å². The van der Waals surface area contributed by atoms with E-state index in [1.54, 1.807) is 24.3 Å². The molecular formula is C30H48N6O8. The average Bonchev–Trinajstić information content (AvgIpc) is 3.00. The number of carbonyl (C=O) groups excluding carboxylic acids is 5. The molecule has 0 fully saturated rings. The van der Waals surface area contributed by atoms with Crippen molar-refractivity contribution in [2.24, 2.45) is 17.6 Å². The summed E-state index contributed by atoms with van der Waals surface area (Å²) in [6.45, 7) is 4.53. The predicted octanol–water partition coefficient (Wildman–Crippen LogP) is -0.348. The molecule has 0 bridgehead atoms. The first kappa shape index (κ1) is 38.3. The van der Waals surface area contributed by atoms with Crippen molar-refractivity contribution < 1.29 is 38.9 Å². The highest BCUT2D eigenvalue weighted by Gasteiger charge is 2.28. The van der Waals surface area contributed by atoms with Crippen LogP contribution in [0.25, 0.3) is 0 Å². The van der Waals surface area contributed by atoms with Gasteiger partial charge in [-0.25, -0.2) is 4.79 Å². The largest absolute Gasteiger partial charge is 0.466 e. The lowest BCUT2D eigenvalue weighted by Gasteiger charge is -2.26. The number of hydrogen-bond acceptors (Lipinski definition) is 11. The van der Waals surface area contributed by atoms with E-state index in [2.05, 4.69) is 31.3 Å². The van der Waals surface area contributed by atoms with Gasteiger partial charge in [-0.3, -0.25) is 25.4 Å². The third-order valence-electron chi connectivity index (χ3n) is 6.67. The molecule has 3 amide bonds. The first-order valence-electron chi connectivity index (χ1n) is 14.7. The number of carbonyl (C=O) groups is 5. The number of aldehydes is 1. The Morgan fingerprint density at radius 1 is 0.955 bits per heavy atom. The minimum absolute atomic E-state index is 0.128. The van der Waals surface area contributed by atoms with Gasteiger partial charge in [0, 0.05) is 36.8 Å². The number of benzene rings is 1. The van der Waals surface area contributed by atoms with Crippen LogP contribution >= 0.6 is 0 Å². The Balaban J connectivity index is 2.70. The lowest BCUT2D eigenvalue weighted by atomic mass is 9.99. The standard InChI is InChI=1S/C30H48N6O8/c1-20(2)27(34-17-22(19-38)7-4-5-15-32-25(39)13-14-26(40)44-3)29(42)36-24(8-6-16-33-30(31)43)28(41)35-23-11-9-21(18-37)10-12-23/h9-14,19-20,22,24,27,30,33-34,37,43H,4-8,15-18,31H2,1-3H3,(H,32,39)(H,35,41)(H,36,42)/b14-13-/t22?,24-,27-,30?/m0/s1. The fraction of sp³-hybridized carbons (Fsp3) is 0.567. The molecule has 0 saturated carbocycles. The number of nitrogens with two attached hydrogens (primary N) is 1. The molecule has 1 aromatic rings. The Morgan fingerprint density at radius 3 is 2.25 bits per heavy atom. The van der Waals surface area contributed by atoms with E-state index in [4.69, 9.17) is 5.73 Å². The molecule has 14 heteroatoms.